The second kappa shape index (κ2) is 7.47. The van der Waals surface area contributed by atoms with Gasteiger partial charge in [0.1, 0.15) is 0 Å². The zero-order chi connectivity index (χ0) is 18.6. The van der Waals surface area contributed by atoms with Gasteiger partial charge in [-0.15, -0.1) is 0 Å². The topological polar surface area (TPSA) is 112 Å². The molecule has 0 saturated carbocycles. The molecule has 134 valence electrons. The SMILES string of the molecule is CCN(CC)C(=O)c1cccc(S(=O)(=O)Nc2ncc(C)[nH]c2=O)c1. The molecule has 0 radical (unpaired) electrons. The minimum atomic E-state index is -4.05. The molecule has 2 N–H and O–H groups in total. The van der Waals surface area contributed by atoms with Gasteiger partial charge in [0.15, 0.2) is 0 Å². The van der Waals surface area contributed by atoms with Crippen LogP contribution in [0.15, 0.2) is 40.2 Å². The maximum absolute atomic E-state index is 12.5. The van der Waals surface area contributed by atoms with Gasteiger partial charge in [0.05, 0.1) is 4.90 Å². The van der Waals surface area contributed by atoms with Crippen molar-refractivity contribution in [3.63, 3.8) is 0 Å². The van der Waals surface area contributed by atoms with Gasteiger partial charge in [-0.1, -0.05) is 6.07 Å². The average molecular weight is 364 g/mol. The first kappa shape index (κ1) is 18.7. The molecule has 0 bridgehead atoms. The summed E-state index contributed by atoms with van der Waals surface area (Å²) in [6, 6.07) is 5.67. The van der Waals surface area contributed by atoms with Gasteiger partial charge in [0, 0.05) is 30.5 Å². The molecule has 2 aromatic rings. The number of benzene rings is 1. The number of aryl methyl sites for hydroxylation is 1. The van der Waals surface area contributed by atoms with Crippen LogP contribution >= 0.6 is 0 Å². The Morgan fingerprint density at radius 1 is 1.28 bits per heavy atom. The van der Waals surface area contributed by atoms with Crippen LogP contribution in [0.5, 0.6) is 0 Å². The molecule has 0 saturated heterocycles. The van der Waals surface area contributed by atoms with E-state index >= 15 is 0 Å². The van der Waals surface area contributed by atoms with Crippen molar-refractivity contribution < 1.29 is 13.2 Å². The van der Waals surface area contributed by atoms with Crippen LogP contribution in [0.1, 0.15) is 29.9 Å². The van der Waals surface area contributed by atoms with E-state index in [0.29, 0.717) is 18.8 Å². The third-order valence-electron chi connectivity index (χ3n) is 3.59. The molecule has 0 aliphatic heterocycles. The van der Waals surface area contributed by atoms with Crippen molar-refractivity contribution in [3.8, 4) is 0 Å². The number of hydrogen-bond donors (Lipinski definition) is 2. The number of sulfonamides is 1. The van der Waals surface area contributed by atoms with Crippen LogP contribution < -0.4 is 10.3 Å². The first-order chi connectivity index (χ1) is 11.8. The van der Waals surface area contributed by atoms with Gasteiger partial charge >= 0.3 is 0 Å². The van der Waals surface area contributed by atoms with E-state index in [0.717, 1.165) is 0 Å². The molecule has 0 fully saturated rings. The number of carbonyl (C=O) groups excluding carboxylic acids is 1. The standard InChI is InChI=1S/C16H20N4O4S/c1-4-20(5-2)16(22)12-7-6-8-13(9-12)25(23,24)19-14-15(21)18-11(3)10-17-14/h6-10H,4-5H2,1-3H3,(H,17,19)(H,18,21). The molecule has 9 heteroatoms. The van der Waals surface area contributed by atoms with Gasteiger partial charge in [0.25, 0.3) is 21.5 Å². The number of aromatic nitrogens is 2. The van der Waals surface area contributed by atoms with Crippen molar-refractivity contribution >= 4 is 21.7 Å². The lowest BCUT2D eigenvalue weighted by molar-refractivity contribution is 0.0772. The lowest BCUT2D eigenvalue weighted by atomic mass is 10.2. The summed E-state index contributed by atoms with van der Waals surface area (Å²) in [5, 5.41) is 0. The number of aromatic amines is 1. The molecule has 0 atom stereocenters. The van der Waals surface area contributed by atoms with Crippen molar-refractivity contribution in [3.05, 3.63) is 52.1 Å². The number of H-pyrrole nitrogens is 1. The summed E-state index contributed by atoms with van der Waals surface area (Å²) in [4.78, 5) is 31.9. The molecule has 0 spiro atoms. The predicted octanol–water partition coefficient (Wildman–Crippen LogP) is 1.36. The molecule has 25 heavy (non-hydrogen) atoms. The molecule has 1 aromatic carbocycles. The largest absolute Gasteiger partial charge is 0.339 e. The van der Waals surface area contributed by atoms with Crippen LogP contribution in [0.2, 0.25) is 0 Å². The van der Waals surface area contributed by atoms with E-state index in [9.17, 15) is 18.0 Å². The highest BCUT2D eigenvalue weighted by Crippen LogP contribution is 2.15. The lowest BCUT2D eigenvalue weighted by Crippen LogP contribution is -2.30. The van der Waals surface area contributed by atoms with Crippen LogP contribution in [0, 0.1) is 6.92 Å². The molecular weight excluding hydrogens is 344 g/mol. The van der Waals surface area contributed by atoms with Crippen molar-refractivity contribution in [1.29, 1.82) is 0 Å². The molecule has 0 aliphatic carbocycles. The highest BCUT2D eigenvalue weighted by Gasteiger charge is 2.20. The summed E-state index contributed by atoms with van der Waals surface area (Å²) in [7, 11) is -4.05. The van der Waals surface area contributed by atoms with Crippen molar-refractivity contribution in [2.24, 2.45) is 0 Å². The second-order valence-corrected chi connectivity index (χ2v) is 7.04. The van der Waals surface area contributed by atoms with Gasteiger partial charge in [-0.25, -0.2) is 13.4 Å². The molecule has 1 heterocycles. The predicted molar refractivity (Wildman–Crippen MR) is 94.1 cm³/mol. The summed E-state index contributed by atoms with van der Waals surface area (Å²) in [5.41, 5.74) is 0.135. The third kappa shape index (κ3) is 4.24. The smallest absolute Gasteiger partial charge is 0.291 e. The highest BCUT2D eigenvalue weighted by atomic mass is 32.2. The number of amides is 1. The van der Waals surface area contributed by atoms with Crippen molar-refractivity contribution in [2.45, 2.75) is 25.7 Å². The van der Waals surface area contributed by atoms with Gasteiger partial charge in [-0.3, -0.25) is 14.3 Å². The van der Waals surface area contributed by atoms with Crippen molar-refractivity contribution in [2.75, 3.05) is 17.8 Å². The number of nitrogens with one attached hydrogen (secondary N) is 2. The Kier molecular flexibility index (Phi) is 5.58. The maximum Gasteiger partial charge on any atom is 0.291 e. The molecule has 2 rings (SSSR count). The van der Waals surface area contributed by atoms with E-state index in [2.05, 4.69) is 14.7 Å². The van der Waals surface area contributed by atoms with Crippen LogP contribution in [-0.2, 0) is 10.0 Å². The Morgan fingerprint density at radius 3 is 2.56 bits per heavy atom. The molecule has 1 aromatic heterocycles. The Bertz CT molecular complexity index is 933. The van der Waals surface area contributed by atoms with E-state index in [-0.39, 0.29) is 22.2 Å². The first-order valence-electron chi connectivity index (χ1n) is 7.76. The highest BCUT2D eigenvalue weighted by molar-refractivity contribution is 7.92. The first-order valence-corrected chi connectivity index (χ1v) is 9.25. The Morgan fingerprint density at radius 2 is 1.96 bits per heavy atom. The summed E-state index contributed by atoms with van der Waals surface area (Å²) in [6.45, 7) is 6.37. The summed E-state index contributed by atoms with van der Waals surface area (Å²) >= 11 is 0. The van der Waals surface area contributed by atoms with Crippen LogP contribution in [0.25, 0.3) is 0 Å². The second-order valence-electron chi connectivity index (χ2n) is 5.35. The summed E-state index contributed by atoms with van der Waals surface area (Å²) in [5.74, 6) is -0.584. The fourth-order valence-corrected chi connectivity index (χ4v) is 3.30. The maximum atomic E-state index is 12.5. The van der Waals surface area contributed by atoms with E-state index in [1.54, 1.807) is 17.9 Å². The molecular formula is C16H20N4O4S. The Hall–Kier alpha value is -2.68. The number of anilines is 1. The van der Waals surface area contributed by atoms with Gasteiger partial charge < -0.3 is 9.88 Å². The van der Waals surface area contributed by atoms with Gasteiger partial charge in [0.2, 0.25) is 5.82 Å². The number of rotatable bonds is 6. The summed E-state index contributed by atoms with van der Waals surface area (Å²) < 4.78 is 27.1. The fourth-order valence-electron chi connectivity index (χ4n) is 2.24. The Labute approximate surface area is 146 Å². The zero-order valence-electron chi connectivity index (χ0n) is 14.2. The number of carbonyl (C=O) groups is 1. The quantitative estimate of drug-likeness (QED) is 0.804. The fraction of sp³-hybridized carbons (Fsp3) is 0.312. The van der Waals surface area contributed by atoms with Gasteiger partial charge in [-0.2, -0.15) is 0 Å². The monoisotopic (exact) mass is 364 g/mol. The van der Waals surface area contributed by atoms with E-state index < -0.39 is 15.6 Å². The van der Waals surface area contributed by atoms with Crippen LogP contribution in [-0.4, -0.2) is 42.3 Å². The lowest BCUT2D eigenvalue weighted by Gasteiger charge is -2.18. The van der Waals surface area contributed by atoms with Crippen LogP contribution in [0.3, 0.4) is 0 Å². The normalized spacial score (nSPS) is 11.2. The third-order valence-corrected chi connectivity index (χ3v) is 4.92. The minimum Gasteiger partial charge on any atom is -0.339 e. The minimum absolute atomic E-state index is 0.118. The number of nitrogens with zero attached hydrogens (tertiary/aromatic N) is 2. The van der Waals surface area contributed by atoms with Crippen LogP contribution in [0.4, 0.5) is 5.82 Å². The molecule has 1 amide bonds. The van der Waals surface area contributed by atoms with E-state index in [4.69, 9.17) is 0 Å². The van der Waals surface area contributed by atoms with Gasteiger partial charge in [-0.05, 0) is 39.0 Å². The van der Waals surface area contributed by atoms with Crippen molar-refractivity contribution in [1.82, 2.24) is 14.9 Å². The Balaban J connectivity index is 2.35. The number of hydrogen-bond acceptors (Lipinski definition) is 5. The zero-order valence-corrected chi connectivity index (χ0v) is 15.1. The summed E-state index contributed by atoms with van der Waals surface area (Å²) in [6.07, 6.45) is 1.35. The van der Waals surface area contributed by atoms with E-state index in [1.165, 1.54) is 24.4 Å². The molecule has 8 nitrogen and oxygen atoms in total. The molecule has 0 aliphatic rings. The average Bonchev–Trinajstić information content (AvgIpc) is 2.58. The molecule has 0 unspecified atom stereocenters. The van der Waals surface area contributed by atoms with E-state index in [1.807, 2.05) is 13.8 Å².